The van der Waals surface area contributed by atoms with E-state index >= 15 is 0 Å². The van der Waals surface area contributed by atoms with Crippen LogP contribution in [-0.2, 0) is 6.54 Å². The molecule has 1 heterocycles. The van der Waals surface area contributed by atoms with Gasteiger partial charge in [0, 0.05) is 25.7 Å². The number of likely N-dealkylation sites (tertiary alicyclic amines) is 1. The molecule has 1 aliphatic heterocycles. The van der Waals surface area contributed by atoms with Crippen molar-refractivity contribution in [3.63, 3.8) is 0 Å². The average Bonchev–Trinajstić information content (AvgIpc) is 2.50. The fraction of sp³-hybridized carbons (Fsp3) is 0.538. The highest BCUT2D eigenvalue weighted by molar-refractivity contribution is 5.21. The fourth-order valence-corrected chi connectivity index (χ4v) is 2.18. The van der Waals surface area contributed by atoms with Crippen LogP contribution in [0.3, 0.4) is 0 Å². The molecule has 1 aliphatic rings. The standard InChI is InChI=1S/C13H20N2/c1-10-3-5-12(6-4-10)8-15-7-11(2)13(14)9-15/h3-6,11,13H,7-9,14H2,1-2H3. The Morgan fingerprint density at radius 1 is 1.27 bits per heavy atom. The van der Waals surface area contributed by atoms with Crippen molar-refractivity contribution in [2.24, 2.45) is 11.7 Å². The second kappa shape index (κ2) is 4.33. The summed E-state index contributed by atoms with van der Waals surface area (Å²) in [5.74, 6) is 0.635. The van der Waals surface area contributed by atoms with Crippen molar-refractivity contribution in [3.8, 4) is 0 Å². The maximum atomic E-state index is 6.00. The Morgan fingerprint density at radius 2 is 1.93 bits per heavy atom. The highest BCUT2D eigenvalue weighted by Crippen LogP contribution is 2.17. The molecular formula is C13H20N2. The van der Waals surface area contributed by atoms with Gasteiger partial charge in [-0.25, -0.2) is 0 Å². The van der Waals surface area contributed by atoms with Crippen molar-refractivity contribution in [1.82, 2.24) is 4.90 Å². The second-order valence-electron chi connectivity index (χ2n) is 4.82. The van der Waals surface area contributed by atoms with Gasteiger partial charge in [-0.1, -0.05) is 36.8 Å². The molecule has 2 heteroatoms. The van der Waals surface area contributed by atoms with Crippen LogP contribution in [0.4, 0.5) is 0 Å². The van der Waals surface area contributed by atoms with E-state index in [1.807, 2.05) is 0 Å². The number of nitrogens with zero attached hydrogens (tertiary/aromatic N) is 1. The molecule has 0 saturated carbocycles. The largest absolute Gasteiger partial charge is 0.326 e. The molecule has 2 nitrogen and oxygen atoms in total. The number of rotatable bonds is 2. The first-order valence-corrected chi connectivity index (χ1v) is 5.68. The molecular weight excluding hydrogens is 184 g/mol. The van der Waals surface area contributed by atoms with Crippen LogP contribution in [-0.4, -0.2) is 24.0 Å². The van der Waals surface area contributed by atoms with Crippen LogP contribution in [0.1, 0.15) is 18.1 Å². The minimum atomic E-state index is 0.357. The Kier molecular flexibility index (Phi) is 3.08. The normalized spacial score (nSPS) is 27.1. The summed E-state index contributed by atoms with van der Waals surface area (Å²) in [6, 6.07) is 9.13. The van der Waals surface area contributed by atoms with Gasteiger partial charge in [0.2, 0.25) is 0 Å². The molecule has 82 valence electrons. The van der Waals surface area contributed by atoms with E-state index in [4.69, 9.17) is 5.73 Å². The van der Waals surface area contributed by atoms with Gasteiger partial charge in [-0.15, -0.1) is 0 Å². The van der Waals surface area contributed by atoms with E-state index < -0.39 is 0 Å². The molecule has 0 aromatic heterocycles. The highest BCUT2D eigenvalue weighted by atomic mass is 15.2. The number of benzene rings is 1. The zero-order valence-electron chi connectivity index (χ0n) is 9.61. The number of nitrogens with two attached hydrogens (primary N) is 1. The van der Waals surface area contributed by atoms with Crippen molar-refractivity contribution < 1.29 is 0 Å². The predicted octanol–water partition coefficient (Wildman–Crippen LogP) is 1.77. The van der Waals surface area contributed by atoms with E-state index in [9.17, 15) is 0 Å². The number of aryl methyl sites for hydroxylation is 1. The van der Waals surface area contributed by atoms with E-state index in [2.05, 4.69) is 43.0 Å². The van der Waals surface area contributed by atoms with Gasteiger partial charge in [0.15, 0.2) is 0 Å². The molecule has 1 aromatic carbocycles. The van der Waals surface area contributed by atoms with E-state index in [0.717, 1.165) is 19.6 Å². The lowest BCUT2D eigenvalue weighted by Crippen LogP contribution is -2.28. The molecule has 15 heavy (non-hydrogen) atoms. The van der Waals surface area contributed by atoms with Crippen molar-refractivity contribution in [3.05, 3.63) is 35.4 Å². The zero-order valence-corrected chi connectivity index (χ0v) is 9.61. The monoisotopic (exact) mass is 204 g/mol. The minimum absolute atomic E-state index is 0.357. The Bertz CT molecular complexity index is 308. The summed E-state index contributed by atoms with van der Waals surface area (Å²) in [6.45, 7) is 7.57. The lowest BCUT2D eigenvalue weighted by molar-refractivity contribution is 0.319. The van der Waals surface area contributed by atoms with Crippen LogP contribution in [0.25, 0.3) is 0 Å². The summed E-state index contributed by atoms with van der Waals surface area (Å²) < 4.78 is 0. The number of hydrogen-bond acceptors (Lipinski definition) is 2. The van der Waals surface area contributed by atoms with Crippen LogP contribution in [0.2, 0.25) is 0 Å². The third kappa shape index (κ3) is 2.58. The first kappa shape index (κ1) is 10.7. The van der Waals surface area contributed by atoms with Crippen LogP contribution < -0.4 is 5.73 Å². The fourth-order valence-electron chi connectivity index (χ4n) is 2.18. The van der Waals surface area contributed by atoms with Gasteiger partial charge >= 0.3 is 0 Å². The quantitative estimate of drug-likeness (QED) is 0.795. The molecule has 0 bridgehead atoms. The summed E-state index contributed by atoms with van der Waals surface area (Å²) in [7, 11) is 0. The van der Waals surface area contributed by atoms with E-state index in [0.29, 0.717) is 12.0 Å². The van der Waals surface area contributed by atoms with E-state index in [1.165, 1.54) is 11.1 Å². The minimum Gasteiger partial charge on any atom is -0.326 e. The molecule has 2 rings (SSSR count). The predicted molar refractivity (Wildman–Crippen MR) is 63.6 cm³/mol. The molecule has 0 aliphatic carbocycles. The van der Waals surface area contributed by atoms with Gasteiger partial charge in [0.05, 0.1) is 0 Å². The smallest absolute Gasteiger partial charge is 0.0234 e. The molecule has 0 radical (unpaired) electrons. The zero-order chi connectivity index (χ0) is 10.8. The van der Waals surface area contributed by atoms with Crippen LogP contribution >= 0.6 is 0 Å². The van der Waals surface area contributed by atoms with Gasteiger partial charge in [-0.05, 0) is 18.4 Å². The summed E-state index contributed by atoms with van der Waals surface area (Å²) in [6.07, 6.45) is 0. The van der Waals surface area contributed by atoms with Gasteiger partial charge in [-0.2, -0.15) is 0 Å². The van der Waals surface area contributed by atoms with Gasteiger partial charge < -0.3 is 5.73 Å². The molecule has 2 atom stereocenters. The topological polar surface area (TPSA) is 29.3 Å². The Balaban J connectivity index is 1.95. The summed E-state index contributed by atoms with van der Waals surface area (Å²) in [5.41, 5.74) is 8.72. The molecule has 2 N–H and O–H groups in total. The van der Waals surface area contributed by atoms with Gasteiger partial charge in [0.25, 0.3) is 0 Å². The first-order valence-electron chi connectivity index (χ1n) is 5.68. The molecule has 0 spiro atoms. The third-order valence-corrected chi connectivity index (χ3v) is 3.27. The molecule has 1 aromatic rings. The van der Waals surface area contributed by atoms with Crippen molar-refractivity contribution >= 4 is 0 Å². The van der Waals surface area contributed by atoms with E-state index in [1.54, 1.807) is 0 Å². The first-order chi connectivity index (χ1) is 7.15. The second-order valence-corrected chi connectivity index (χ2v) is 4.82. The van der Waals surface area contributed by atoms with Crippen LogP contribution in [0, 0.1) is 12.8 Å². The lowest BCUT2D eigenvalue weighted by Gasteiger charge is -2.15. The van der Waals surface area contributed by atoms with Crippen molar-refractivity contribution in [2.75, 3.05) is 13.1 Å². The van der Waals surface area contributed by atoms with Crippen LogP contribution in [0.5, 0.6) is 0 Å². The molecule has 1 saturated heterocycles. The highest BCUT2D eigenvalue weighted by Gasteiger charge is 2.25. The van der Waals surface area contributed by atoms with Crippen molar-refractivity contribution in [2.45, 2.75) is 26.4 Å². The number of hydrogen-bond donors (Lipinski definition) is 1. The van der Waals surface area contributed by atoms with Crippen LogP contribution in [0.15, 0.2) is 24.3 Å². The molecule has 1 fully saturated rings. The van der Waals surface area contributed by atoms with Gasteiger partial charge in [0.1, 0.15) is 0 Å². The maximum Gasteiger partial charge on any atom is 0.0234 e. The van der Waals surface area contributed by atoms with Crippen molar-refractivity contribution in [1.29, 1.82) is 0 Å². The molecule has 0 amide bonds. The SMILES string of the molecule is Cc1ccc(CN2CC(C)C(N)C2)cc1. The summed E-state index contributed by atoms with van der Waals surface area (Å²) in [4.78, 5) is 2.44. The van der Waals surface area contributed by atoms with E-state index in [-0.39, 0.29) is 0 Å². The Labute approximate surface area is 92.1 Å². The maximum absolute atomic E-state index is 6.00. The third-order valence-electron chi connectivity index (χ3n) is 3.27. The Hall–Kier alpha value is -0.860. The average molecular weight is 204 g/mol. The van der Waals surface area contributed by atoms with Gasteiger partial charge in [-0.3, -0.25) is 4.90 Å². The summed E-state index contributed by atoms with van der Waals surface area (Å²) in [5, 5.41) is 0. The summed E-state index contributed by atoms with van der Waals surface area (Å²) >= 11 is 0. The lowest BCUT2D eigenvalue weighted by atomic mass is 10.1. The Morgan fingerprint density at radius 3 is 2.47 bits per heavy atom. The molecule has 2 unspecified atom stereocenters.